The van der Waals surface area contributed by atoms with Crippen LogP contribution in [0.25, 0.3) is 0 Å². The Morgan fingerprint density at radius 1 is 1.50 bits per heavy atom. The minimum absolute atomic E-state index is 0.0154. The molecule has 24 heavy (non-hydrogen) atoms. The van der Waals surface area contributed by atoms with Crippen LogP contribution in [0.3, 0.4) is 0 Å². The predicted molar refractivity (Wildman–Crippen MR) is 94.0 cm³/mol. The number of aromatic nitrogens is 3. The number of hydrogen-bond acceptors (Lipinski definition) is 7. The zero-order valence-electron chi connectivity index (χ0n) is 13.8. The molecule has 132 valence electrons. The second-order valence-corrected chi connectivity index (χ2v) is 9.14. The Morgan fingerprint density at radius 2 is 2.21 bits per heavy atom. The molecule has 2 heterocycles. The third kappa shape index (κ3) is 4.62. The molecule has 0 saturated heterocycles. The minimum atomic E-state index is -3.05. The van der Waals surface area contributed by atoms with Crippen LogP contribution in [0.4, 0.5) is 5.69 Å². The maximum Gasteiger partial charge on any atom is 0.275 e. The number of hydrogen-bond donors (Lipinski definition) is 2. The van der Waals surface area contributed by atoms with E-state index < -0.39 is 9.84 Å². The van der Waals surface area contributed by atoms with Gasteiger partial charge in [0.15, 0.2) is 9.84 Å². The van der Waals surface area contributed by atoms with Gasteiger partial charge in [0.2, 0.25) is 0 Å². The normalized spacial score (nSPS) is 13.0. The van der Waals surface area contributed by atoms with Gasteiger partial charge in [-0.3, -0.25) is 9.48 Å². The first-order valence-corrected chi connectivity index (χ1v) is 10.1. The SMILES string of the molecule is CCS(=O)(=O)CCn1cc(NC(=O)c2nc(C(C)N)sc2C)cn1. The second kappa shape index (κ2) is 7.41. The van der Waals surface area contributed by atoms with E-state index in [1.54, 1.807) is 13.1 Å². The Bertz CT molecular complexity index is 823. The topological polar surface area (TPSA) is 120 Å². The fourth-order valence-electron chi connectivity index (χ4n) is 1.94. The highest BCUT2D eigenvalue weighted by atomic mass is 32.2. The lowest BCUT2D eigenvalue weighted by atomic mass is 10.3. The van der Waals surface area contributed by atoms with Crippen LogP contribution >= 0.6 is 11.3 Å². The van der Waals surface area contributed by atoms with Gasteiger partial charge in [-0.2, -0.15) is 5.10 Å². The van der Waals surface area contributed by atoms with E-state index in [2.05, 4.69) is 15.4 Å². The van der Waals surface area contributed by atoms with Crippen LogP contribution in [0.5, 0.6) is 0 Å². The highest BCUT2D eigenvalue weighted by molar-refractivity contribution is 7.91. The molecule has 0 fully saturated rings. The van der Waals surface area contributed by atoms with E-state index in [1.165, 1.54) is 22.2 Å². The highest BCUT2D eigenvalue weighted by Gasteiger charge is 2.18. The third-order valence-corrected chi connectivity index (χ3v) is 6.24. The summed E-state index contributed by atoms with van der Waals surface area (Å²) in [6.07, 6.45) is 3.07. The number of anilines is 1. The van der Waals surface area contributed by atoms with Crippen molar-refractivity contribution in [3.8, 4) is 0 Å². The maximum atomic E-state index is 12.3. The first kappa shape index (κ1) is 18.6. The van der Waals surface area contributed by atoms with Crippen LogP contribution in [-0.2, 0) is 16.4 Å². The summed E-state index contributed by atoms with van der Waals surface area (Å²) in [4.78, 5) is 17.4. The molecule has 2 rings (SSSR count). The standard InChI is InChI=1S/C14H21N5O3S2/c1-4-24(21,22)6-5-19-8-11(7-16-19)17-13(20)12-10(3)23-14(18-12)9(2)15/h7-9H,4-6,15H2,1-3H3,(H,17,20). The molecule has 0 spiro atoms. The zero-order valence-corrected chi connectivity index (χ0v) is 15.4. The molecule has 0 aliphatic carbocycles. The molecule has 2 aromatic heterocycles. The average Bonchev–Trinajstić information content (AvgIpc) is 3.12. The van der Waals surface area contributed by atoms with Crippen molar-refractivity contribution in [1.29, 1.82) is 0 Å². The molecule has 0 radical (unpaired) electrons. The van der Waals surface area contributed by atoms with Crippen molar-refractivity contribution >= 4 is 32.8 Å². The molecule has 1 unspecified atom stereocenters. The molecule has 1 amide bonds. The van der Waals surface area contributed by atoms with Crippen LogP contribution in [0, 0.1) is 6.92 Å². The van der Waals surface area contributed by atoms with Gasteiger partial charge >= 0.3 is 0 Å². The fraction of sp³-hybridized carbons (Fsp3) is 0.500. The van der Waals surface area contributed by atoms with Gasteiger partial charge in [0.05, 0.1) is 30.2 Å². The van der Waals surface area contributed by atoms with Gasteiger partial charge in [0.25, 0.3) is 5.91 Å². The van der Waals surface area contributed by atoms with E-state index in [4.69, 9.17) is 5.73 Å². The van der Waals surface area contributed by atoms with Crippen molar-refractivity contribution in [3.63, 3.8) is 0 Å². The molecular formula is C14H21N5O3S2. The Kier molecular flexibility index (Phi) is 5.73. The molecule has 0 bridgehead atoms. The quantitative estimate of drug-likeness (QED) is 0.758. The second-order valence-electron chi connectivity index (χ2n) is 5.43. The van der Waals surface area contributed by atoms with Crippen LogP contribution in [0.15, 0.2) is 12.4 Å². The van der Waals surface area contributed by atoms with Crippen molar-refractivity contribution in [2.75, 3.05) is 16.8 Å². The number of nitrogens with zero attached hydrogens (tertiary/aromatic N) is 3. The van der Waals surface area contributed by atoms with Gasteiger partial charge in [-0.25, -0.2) is 13.4 Å². The highest BCUT2D eigenvalue weighted by Crippen LogP contribution is 2.22. The van der Waals surface area contributed by atoms with Crippen molar-refractivity contribution < 1.29 is 13.2 Å². The van der Waals surface area contributed by atoms with Crippen LogP contribution < -0.4 is 11.1 Å². The number of thiazole rings is 1. The Balaban J connectivity index is 2.03. The summed E-state index contributed by atoms with van der Waals surface area (Å²) in [5.74, 6) is -0.221. The van der Waals surface area contributed by atoms with Crippen LogP contribution in [0.1, 0.15) is 40.3 Å². The molecule has 0 aliphatic heterocycles. The number of nitrogens with one attached hydrogen (secondary N) is 1. The summed E-state index contributed by atoms with van der Waals surface area (Å²) in [5.41, 5.74) is 6.62. The number of aryl methyl sites for hydroxylation is 2. The fourth-order valence-corrected chi connectivity index (χ4v) is 3.57. The first-order valence-electron chi connectivity index (χ1n) is 7.49. The summed E-state index contributed by atoms with van der Waals surface area (Å²) >= 11 is 1.40. The van der Waals surface area contributed by atoms with E-state index in [1.807, 2.05) is 13.8 Å². The van der Waals surface area contributed by atoms with Crippen molar-refractivity contribution in [3.05, 3.63) is 28.0 Å². The number of sulfone groups is 1. The lowest BCUT2D eigenvalue weighted by molar-refractivity contribution is 0.102. The van der Waals surface area contributed by atoms with Gasteiger partial charge in [-0.1, -0.05) is 6.92 Å². The molecule has 8 nitrogen and oxygen atoms in total. The molecule has 3 N–H and O–H groups in total. The van der Waals surface area contributed by atoms with E-state index in [-0.39, 0.29) is 30.0 Å². The lowest BCUT2D eigenvalue weighted by Gasteiger charge is -2.02. The van der Waals surface area contributed by atoms with Crippen molar-refractivity contribution in [2.45, 2.75) is 33.4 Å². The molecule has 1 atom stereocenters. The van der Waals surface area contributed by atoms with Gasteiger partial charge in [0, 0.05) is 16.8 Å². The number of nitrogens with two attached hydrogens (primary N) is 1. The predicted octanol–water partition coefficient (Wildman–Crippen LogP) is 1.35. The zero-order chi connectivity index (χ0) is 17.9. The largest absolute Gasteiger partial charge is 0.322 e. The van der Waals surface area contributed by atoms with E-state index >= 15 is 0 Å². The minimum Gasteiger partial charge on any atom is -0.322 e. The Morgan fingerprint density at radius 3 is 2.79 bits per heavy atom. The van der Waals surface area contributed by atoms with E-state index in [9.17, 15) is 13.2 Å². The lowest BCUT2D eigenvalue weighted by Crippen LogP contribution is -2.15. The van der Waals surface area contributed by atoms with E-state index in [0.717, 1.165) is 4.88 Å². The van der Waals surface area contributed by atoms with Crippen LogP contribution in [0.2, 0.25) is 0 Å². The number of rotatable bonds is 7. The first-order chi connectivity index (χ1) is 11.2. The molecule has 2 aromatic rings. The monoisotopic (exact) mass is 371 g/mol. The van der Waals surface area contributed by atoms with E-state index in [0.29, 0.717) is 16.4 Å². The van der Waals surface area contributed by atoms with Gasteiger partial charge in [-0.05, 0) is 13.8 Å². The maximum absolute atomic E-state index is 12.3. The molecule has 10 heteroatoms. The van der Waals surface area contributed by atoms with Crippen molar-refractivity contribution in [1.82, 2.24) is 14.8 Å². The third-order valence-electron chi connectivity index (χ3n) is 3.38. The Labute approximate surface area is 145 Å². The Hall–Kier alpha value is -1.78. The summed E-state index contributed by atoms with van der Waals surface area (Å²) in [6, 6.07) is -0.224. The van der Waals surface area contributed by atoms with Gasteiger partial charge < -0.3 is 11.1 Å². The average molecular weight is 371 g/mol. The number of carbonyl (C=O) groups is 1. The van der Waals surface area contributed by atoms with Crippen molar-refractivity contribution in [2.24, 2.45) is 5.73 Å². The molecule has 0 saturated carbocycles. The number of amides is 1. The number of carbonyl (C=O) groups excluding carboxylic acids is 1. The molecule has 0 aliphatic rings. The van der Waals surface area contributed by atoms with Gasteiger partial charge in [0.1, 0.15) is 10.7 Å². The smallest absolute Gasteiger partial charge is 0.275 e. The summed E-state index contributed by atoms with van der Waals surface area (Å²) in [5, 5.41) is 7.48. The summed E-state index contributed by atoms with van der Waals surface area (Å²) in [7, 11) is -3.05. The van der Waals surface area contributed by atoms with Crippen LogP contribution in [-0.4, -0.2) is 40.6 Å². The summed E-state index contributed by atoms with van der Waals surface area (Å²) < 4.78 is 24.5. The molecular weight excluding hydrogens is 350 g/mol. The summed E-state index contributed by atoms with van der Waals surface area (Å²) in [6.45, 7) is 5.49. The van der Waals surface area contributed by atoms with Gasteiger partial charge in [-0.15, -0.1) is 11.3 Å². The molecule has 0 aromatic carbocycles.